The third-order valence-corrected chi connectivity index (χ3v) is 3.91. The summed E-state index contributed by atoms with van der Waals surface area (Å²) in [5.74, 6) is 0. The van der Waals surface area contributed by atoms with E-state index < -0.39 is 0 Å². The zero-order valence-electron chi connectivity index (χ0n) is 12.4. The van der Waals surface area contributed by atoms with Gasteiger partial charge in [-0.05, 0) is 48.7 Å². The molecular formula is C18H22ClN. The van der Waals surface area contributed by atoms with Crippen LogP contribution in [0, 0.1) is 6.92 Å². The molecule has 0 bridgehead atoms. The minimum Gasteiger partial charge on any atom is -0.309 e. The summed E-state index contributed by atoms with van der Waals surface area (Å²) in [4.78, 5) is 0. The SMILES string of the molecule is CCCc1cccc(C(NC)c2ccc(C)cc2Cl)c1. The van der Waals surface area contributed by atoms with Gasteiger partial charge in [0.05, 0.1) is 6.04 Å². The van der Waals surface area contributed by atoms with Crippen LogP contribution in [-0.4, -0.2) is 7.05 Å². The summed E-state index contributed by atoms with van der Waals surface area (Å²) >= 11 is 6.41. The Hall–Kier alpha value is -1.31. The molecule has 0 heterocycles. The Balaban J connectivity index is 2.38. The second-order valence-electron chi connectivity index (χ2n) is 5.24. The predicted octanol–water partition coefficient (Wildman–Crippen LogP) is 4.91. The van der Waals surface area contributed by atoms with Crippen LogP contribution in [0.5, 0.6) is 0 Å². The summed E-state index contributed by atoms with van der Waals surface area (Å²) < 4.78 is 0. The molecule has 0 aromatic heterocycles. The molecular weight excluding hydrogens is 266 g/mol. The molecule has 0 spiro atoms. The molecule has 0 saturated heterocycles. The lowest BCUT2D eigenvalue weighted by atomic mass is 9.95. The van der Waals surface area contributed by atoms with E-state index in [0.29, 0.717) is 0 Å². The minimum atomic E-state index is 0.139. The van der Waals surface area contributed by atoms with Crippen LogP contribution in [-0.2, 0) is 6.42 Å². The number of nitrogens with one attached hydrogen (secondary N) is 1. The smallest absolute Gasteiger partial charge is 0.0589 e. The maximum absolute atomic E-state index is 6.41. The summed E-state index contributed by atoms with van der Waals surface area (Å²) in [5.41, 5.74) is 4.97. The third-order valence-electron chi connectivity index (χ3n) is 3.58. The minimum absolute atomic E-state index is 0.139. The predicted molar refractivity (Wildman–Crippen MR) is 87.5 cm³/mol. The topological polar surface area (TPSA) is 12.0 Å². The molecule has 1 atom stereocenters. The molecule has 0 saturated carbocycles. The van der Waals surface area contributed by atoms with Gasteiger partial charge in [0.2, 0.25) is 0 Å². The lowest BCUT2D eigenvalue weighted by Crippen LogP contribution is -2.18. The van der Waals surface area contributed by atoms with Gasteiger partial charge >= 0.3 is 0 Å². The molecule has 1 N–H and O–H groups in total. The van der Waals surface area contributed by atoms with Crippen LogP contribution in [0.2, 0.25) is 5.02 Å². The fraction of sp³-hybridized carbons (Fsp3) is 0.333. The fourth-order valence-corrected chi connectivity index (χ4v) is 2.93. The summed E-state index contributed by atoms with van der Waals surface area (Å²) in [6.07, 6.45) is 2.28. The number of rotatable bonds is 5. The Morgan fingerprint density at radius 3 is 2.60 bits per heavy atom. The molecule has 1 unspecified atom stereocenters. The van der Waals surface area contributed by atoms with Crippen molar-refractivity contribution in [1.82, 2.24) is 5.32 Å². The van der Waals surface area contributed by atoms with Crippen LogP contribution in [0.1, 0.15) is 41.6 Å². The summed E-state index contributed by atoms with van der Waals surface area (Å²) in [6, 6.07) is 15.2. The van der Waals surface area contributed by atoms with Crippen LogP contribution < -0.4 is 5.32 Å². The molecule has 0 aliphatic heterocycles. The first-order valence-electron chi connectivity index (χ1n) is 7.18. The highest BCUT2D eigenvalue weighted by molar-refractivity contribution is 6.31. The molecule has 0 fully saturated rings. The van der Waals surface area contributed by atoms with Crippen LogP contribution in [0.3, 0.4) is 0 Å². The van der Waals surface area contributed by atoms with Crippen molar-refractivity contribution >= 4 is 11.6 Å². The highest BCUT2D eigenvalue weighted by atomic mass is 35.5. The van der Waals surface area contributed by atoms with Gasteiger partial charge < -0.3 is 5.32 Å². The van der Waals surface area contributed by atoms with E-state index in [0.717, 1.165) is 17.0 Å². The third kappa shape index (κ3) is 3.41. The van der Waals surface area contributed by atoms with Crippen LogP contribution in [0.25, 0.3) is 0 Å². The number of hydrogen-bond acceptors (Lipinski definition) is 1. The molecule has 0 radical (unpaired) electrons. The highest BCUT2D eigenvalue weighted by Crippen LogP contribution is 2.29. The Bertz CT molecular complexity index is 577. The van der Waals surface area contributed by atoms with E-state index in [4.69, 9.17) is 11.6 Å². The van der Waals surface area contributed by atoms with E-state index in [9.17, 15) is 0 Å². The van der Waals surface area contributed by atoms with Gasteiger partial charge in [-0.3, -0.25) is 0 Å². The van der Waals surface area contributed by atoms with Crippen molar-refractivity contribution in [1.29, 1.82) is 0 Å². The normalized spacial score (nSPS) is 12.4. The number of benzene rings is 2. The van der Waals surface area contributed by atoms with E-state index in [-0.39, 0.29) is 6.04 Å². The molecule has 2 aromatic carbocycles. The van der Waals surface area contributed by atoms with Crippen molar-refractivity contribution in [3.63, 3.8) is 0 Å². The summed E-state index contributed by atoms with van der Waals surface area (Å²) in [5, 5.41) is 4.20. The largest absolute Gasteiger partial charge is 0.309 e. The van der Waals surface area contributed by atoms with Gasteiger partial charge in [-0.1, -0.05) is 61.3 Å². The lowest BCUT2D eigenvalue weighted by molar-refractivity contribution is 0.690. The Labute approximate surface area is 127 Å². The summed E-state index contributed by atoms with van der Waals surface area (Å²) in [6.45, 7) is 4.27. The van der Waals surface area contributed by atoms with Gasteiger partial charge in [0.25, 0.3) is 0 Å². The van der Waals surface area contributed by atoms with Gasteiger partial charge in [0, 0.05) is 5.02 Å². The molecule has 1 nitrogen and oxygen atoms in total. The van der Waals surface area contributed by atoms with Crippen molar-refractivity contribution in [2.75, 3.05) is 7.05 Å². The average molecular weight is 288 g/mol. The van der Waals surface area contributed by atoms with Crippen LogP contribution in [0.15, 0.2) is 42.5 Å². The van der Waals surface area contributed by atoms with Gasteiger partial charge in [0.15, 0.2) is 0 Å². The van der Waals surface area contributed by atoms with Gasteiger partial charge in [-0.25, -0.2) is 0 Å². The maximum Gasteiger partial charge on any atom is 0.0589 e. The molecule has 2 aromatic rings. The van der Waals surface area contributed by atoms with E-state index in [1.54, 1.807) is 0 Å². The molecule has 2 rings (SSSR count). The Morgan fingerprint density at radius 1 is 1.15 bits per heavy atom. The zero-order valence-corrected chi connectivity index (χ0v) is 13.2. The molecule has 20 heavy (non-hydrogen) atoms. The van der Waals surface area contributed by atoms with Gasteiger partial charge in [-0.2, -0.15) is 0 Å². The molecule has 0 amide bonds. The number of halogens is 1. The summed E-state index contributed by atoms with van der Waals surface area (Å²) in [7, 11) is 1.98. The van der Waals surface area contributed by atoms with Crippen molar-refractivity contribution in [2.45, 2.75) is 32.7 Å². The quantitative estimate of drug-likeness (QED) is 0.824. The van der Waals surface area contributed by atoms with Crippen molar-refractivity contribution in [3.8, 4) is 0 Å². The van der Waals surface area contributed by atoms with Gasteiger partial charge in [-0.15, -0.1) is 0 Å². The van der Waals surface area contributed by atoms with Crippen LogP contribution in [0.4, 0.5) is 0 Å². The molecule has 2 heteroatoms. The molecule has 0 aliphatic carbocycles. The van der Waals surface area contributed by atoms with E-state index in [2.05, 4.69) is 55.6 Å². The second kappa shape index (κ2) is 6.92. The Kier molecular flexibility index (Phi) is 5.22. The first-order valence-corrected chi connectivity index (χ1v) is 7.55. The monoisotopic (exact) mass is 287 g/mol. The standard InChI is InChI=1S/C18H22ClN/c1-4-6-14-7-5-8-15(12-14)18(20-3)16-10-9-13(2)11-17(16)19/h5,7-12,18,20H,4,6H2,1-3H3. The fourth-order valence-electron chi connectivity index (χ4n) is 2.58. The lowest BCUT2D eigenvalue weighted by Gasteiger charge is -2.19. The highest BCUT2D eigenvalue weighted by Gasteiger charge is 2.15. The molecule has 0 aliphatic rings. The number of aryl methyl sites for hydroxylation is 2. The Morgan fingerprint density at radius 2 is 1.95 bits per heavy atom. The van der Waals surface area contributed by atoms with Gasteiger partial charge in [0.1, 0.15) is 0 Å². The first-order chi connectivity index (χ1) is 9.65. The van der Waals surface area contributed by atoms with Crippen molar-refractivity contribution in [2.24, 2.45) is 0 Å². The number of hydrogen-bond donors (Lipinski definition) is 1. The molecule has 106 valence electrons. The van der Waals surface area contributed by atoms with Crippen LogP contribution >= 0.6 is 11.6 Å². The van der Waals surface area contributed by atoms with E-state index in [1.165, 1.54) is 23.1 Å². The van der Waals surface area contributed by atoms with Crippen molar-refractivity contribution in [3.05, 3.63) is 69.7 Å². The average Bonchev–Trinajstić information content (AvgIpc) is 2.43. The first kappa shape index (κ1) is 15.1. The second-order valence-corrected chi connectivity index (χ2v) is 5.65. The van der Waals surface area contributed by atoms with E-state index in [1.807, 2.05) is 13.1 Å². The van der Waals surface area contributed by atoms with Crippen molar-refractivity contribution < 1.29 is 0 Å². The zero-order chi connectivity index (χ0) is 14.5. The van der Waals surface area contributed by atoms with E-state index >= 15 is 0 Å². The maximum atomic E-state index is 6.41.